The molecular weight excluding hydrogens is 236 g/mol. The van der Waals surface area contributed by atoms with Crippen molar-refractivity contribution in [1.82, 2.24) is 5.43 Å². The predicted octanol–water partition coefficient (Wildman–Crippen LogP) is 3.48. The second-order valence-corrected chi connectivity index (χ2v) is 4.54. The number of amides is 1. The number of hydrogen-bond donors (Lipinski definition) is 1. The molecule has 0 aliphatic rings. The fourth-order valence-corrected chi connectivity index (χ4v) is 1.91. The zero-order valence-electron chi connectivity index (χ0n) is 11.3. The molecule has 1 amide bonds. The Morgan fingerprint density at radius 3 is 2.63 bits per heavy atom. The lowest BCUT2D eigenvalue weighted by Gasteiger charge is -2.04. The van der Waals surface area contributed by atoms with E-state index >= 15 is 0 Å². The van der Waals surface area contributed by atoms with Crippen molar-refractivity contribution in [3.05, 3.63) is 48.0 Å². The van der Waals surface area contributed by atoms with E-state index in [4.69, 9.17) is 0 Å². The number of hydrogen-bond acceptors (Lipinski definition) is 2. The molecule has 0 radical (unpaired) electrons. The first kappa shape index (κ1) is 13.3. The number of carbonyl (C=O) groups excluding carboxylic acids is 1. The van der Waals surface area contributed by atoms with Crippen LogP contribution in [0.4, 0.5) is 0 Å². The highest BCUT2D eigenvalue weighted by atomic mass is 16.2. The van der Waals surface area contributed by atoms with Crippen molar-refractivity contribution in [2.24, 2.45) is 5.10 Å². The molecule has 3 nitrogen and oxygen atoms in total. The molecule has 0 saturated heterocycles. The minimum Gasteiger partial charge on any atom is -0.273 e. The molecule has 0 aliphatic heterocycles. The molecule has 2 rings (SSSR count). The number of nitrogens with zero attached hydrogens (tertiary/aromatic N) is 1. The number of carbonyl (C=O) groups is 1. The fraction of sp³-hybridized carbons (Fsp3) is 0.250. The van der Waals surface area contributed by atoms with Crippen LogP contribution in [0, 0.1) is 0 Å². The number of fused-ring (bicyclic) bond motifs is 1. The lowest BCUT2D eigenvalue weighted by Crippen LogP contribution is -2.18. The second kappa shape index (κ2) is 6.14. The molecule has 0 saturated carbocycles. The first-order chi connectivity index (χ1) is 9.20. The smallest absolute Gasteiger partial charge is 0.240 e. The Hall–Kier alpha value is -2.16. The topological polar surface area (TPSA) is 41.5 Å². The van der Waals surface area contributed by atoms with E-state index in [1.165, 1.54) is 10.8 Å². The van der Waals surface area contributed by atoms with Gasteiger partial charge in [-0.3, -0.25) is 4.79 Å². The van der Waals surface area contributed by atoms with E-state index < -0.39 is 0 Å². The van der Waals surface area contributed by atoms with Gasteiger partial charge in [-0.25, -0.2) is 5.43 Å². The maximum absolute atomic E-state index is 11.4. The largest absolute Gasteiger partial charge is 0.273 e. The van der Waals surface area contributed by atoms with Gasteiger partial charge in [-0.1, -0.05) is 43.3 Å². The first-order valence-corrected chi connectivity index (χ1v) is 6.53. The number of rotatable bonds is 4. The lowest BCUT2D eigenvalue weighted by atomic mass is 10.0. The average Bonchev–Trinajstić information content (AvgIpc) is 2.44. The molecule has 2 aromatic carbocycles. The van der Waals surface area contributed by atoms with Crippen LogP contribution in [0.3, 0.4) is 0 Å². The molecule has 0 heterocycles. The summed E-state index contributed by atoms with van der Waals surface area (Å²) < 4.78 is 0. The molecule has 0 atom stereocenters. The van der Waals surface area contributed by atoms with Gasteiger partial charge in [0.25, 0.3) is 0 Å². The Bertz CT molecular complexity index is 617. The van der Waals surface area contributed by atoms with Crippen molar-refractivity contribution in [3.63, 3.8) is 0 Å². The standard InChI is InChI=1S/C16H18N2O/c1-3-6-16(19)18-17-12(2)14-10-9-13-7-4-5-8-15(13)11-14/h4-5,7-11H,3,6H2,1-2H3,(H,18,19)/b17-12+. The highest BCUT2D eigenvalue weighted by molar-refractivity contribution is 6.02. The average molecular weight is 254 g/mol. The highest BCUT2D eigenvalue weighted by Gasteiger charge is 2.01. The monoisotopic (exact) mass is 254 g/mol. The third-order valence-corrected chi connectivity index (χ3v) is 2.99. The van der Waals surface area contributed by atoms with Gasteiger partial charge in [0.15, 0.2) is 0 Å². The molecule has 0 fully saturated rings. The minimum atomic E-state index is -0.0392. The Labute approximate surface area is 113 Å². The zero-order valence-corrected chi connectivity index (χ0v) is 11.3. The second-order valence-electron chi connectivity index (χ2n) is 4.54. The summed E-state index contributed by atoms with van der Waals surface area (Å²) in [5.74, 6) is -0.0392. The maximum Gasteiger partial charge on any atom is 0.240 e. The third kappa shape index (κ3) is 3.41. The minimum absolute atomic E-state index is 0.0392. The number of hydrazone groups is 1. The van der Waals surface area contributed by atoms with Crippen LogP contribution in [-0.2, 0) is 4.79 Å². The van der Waals surface area contributed by atoms with Crippen molar-refractivity contribution in [2.45, 2.75) is 26.7 Å². The molecule has 0 spiro atoms. The number of benzene rings is 2. The van der Waals surface area contributed by atoms with Crippen LogP contribution >= 0.6 is 0 Å². The van der Waals surface area contributed by atoms with Gasteiger partial charge in [-0.2, -0.15) is 5.10 Å². The Kier molecular flexibility index (Phi) is 4.29. The highest BCUT2D eigenvalue weighted by Crippen LogP contribution is 2.16. The molecule has 1 N–H and O–H groups in total. The fourth-order valence-electron chi connectivity index (χ4n) is 1.91. The summed E-state index contributed by atoms with van der Waals surface area (Å²) in [6.45, 7) is 3.87. The van der Waals surface area contributed by atoms with Gasteiger partial charge in [0.1, 0.15) is 0 Å². The first-order valence-electron chi connectivity index (χ1n) is 6.53. The van der Waals surface area contributed by atoms with E-state index in [-0.39, 0.29) is 5.91 Å². The zero-order chi connectivity index (χ0) is 13.7. The van der Waals surface area contributed by atoms with Gasteiger partial charge in [0.05, 0.1) is 5.71 Å². The van der Waals surface area contributed by atoms with E-state index in [1.807, 2.05) is 32.0 Å². The summed E-state index contributed by atoms with van der Waals surface area (Å²) in [5.41, 5.74) is 4.42. The van der Waals surface area contributed by atoms with Gasteiger partial charge >= 0.3 is 0 Å². The quantitative estimate of drug-likeness (QED) is 0.658. The van der Waals surface area contributed by atoms with Crippen molar-refractivity contribution < 1.29 is 4.79 Å². The van der Waals surface area contributed by atoms with Crippen LogP contribution in [0.5, 0.6) is 0 Å². The van der Waals surface area contributed by atoms with E-state index in [2.05, 4.69) is 34.8 Å². The van der Waals surface area contributed by atoms with E-state index in [9.17, 15) is 4.79 Å². The van der Waals surface area contributed by atoms with Crippen molar-refractivity contribution in [2.75, 3.05) is 0 Å². The Morgan fingerprint density at radius 2 is 1.89 bits per heavy atom. The van der Waals surface area contributed by atoms with Crippen LogP contribution in [0.25, 0.3) is 10.8 Å². The van der Waals surface area contributed by atoms with Crippen LogP contribution in [0.1, 0.15) is 32.3 Å². The molecule has 0 unspecified atom stereocenters. The van der Waals surface area contributed by atoms with E-state index in [0.717, 1.165) is 17.7 Å². The summed E-state index contributed by atoms with van der Waals surface area (Å²) in [4.78, 5) is 11.4. The molecule has 98 valence electrons. The van der Waals surface area contributed by atoms with Gasteiger partial charge < -0.3 is 0 Å². The van der Waals surface area contributed by atoms with Crippen LogP contribution in [0.2, 0.25) is 0 Å². The van der Waals surface area contributed by atoms with Crippen LogP contribution in [0.15, 0.2) is 47.6 Å². The molecule has 0 aromatic heterocycles. The summed E-state index contributed by atoms with van der Waals surface area (Å²) in [6.07, 6.45) is 1.34. The molecule has 0 aliphatic carbocycles. The van der Waals surface area contributed by atoms with Crippen molar-refractivity contribution in [3.8, 4) is 0 Å². The number of nitrogens with one attached hydrogen (secondary N) is 1. The Balaban J connectivity index is 2.19. The molecule has 2 aromatic rings. The normalized spacial score (nSPS) is 11.6. The predicted molar refractivity (Wildman–Crippen MR) is 79.2 cm³/mol. The molecular formula is C16H18N2O. The van der Waals surface area contributed by atoms with Gasteiger partial charge in [0, 0.05) is 6.42 Å². The molecule has 0 bridgehead atoms. The van der Waals surface area contributed by atoms with E-state index in [1.54, 1.807) is 0 Å². The van der Waals surface area contributed by atoms with Gasteiger partial charge in [-0.05, 0) is 35.7 Å². The van der Waals surface area contributed by atoms with Crippen molar-refractivity contribution in [1.29, 1.82) is 0 Å². The maximum atomic E-state index is 11.4. The molecule has 3 heteroatoms. The van der Waals surface area contributed by atoms with E-state index in [0.29, 0.717) is 6.42 Å². The summed E-state index contributed by atoms with van der Waals surface area (Å²) in [7, 11) is 0. The van der Waals surface area contributed by atoms with Gasteiger partial charge in [-0.15, -0.1) is 0 Å². The summed E-state index contributed by atoms with van der Waals surface area (Å²) in [6, 6.07) is 14.4. The van der Waals surface area contributed by atoms with Crippen LogP contribution in [-0.4, -0.2) is 11.6 Å². The third-order valence-electron chi connectivity index (χ3n) is 2.99. The molecule has 19 heavy (non-hydrogen) atoms. The summed E-state index contributed by atoms with van der Waals surface area (Å²) in [5, 5.41) is 6.52. The van der Waals surface area contributed by atoms with Gasteiger partial charge in [0.2, 0.25) is 5.91 Å². The SMILES string of the molecule is CCCC(=O)N/N=C(\C)c1ccc2ccccc2c1. The Morgan fingerprint density at radius 1 is 1.16 bits per heavy atom. The lowest BCUT2D eigenvalue weighted by molar-refractivity contribution is -0.121. The summed E-state index contributed by atoms with van der Waals surface area (Å²) >= 11 is 0. The van der Waals surface area contributed by atoms with Crippen molar-refractivity contribution >= 4 is 22.4 Å². The van der Waals surface area contributed by atoms with Crippen LogP contribution < -0.4 is 5.43 Å².